The van der Waals surface area contributed by atoms with Crippen molar-refractivity contribution in [1.29, 1.82) is 0 Å². The van der Waals surface area contributed by atoms with E-state index in [1.54, 1.807) is 0 Å². The van der Waals surface area contributed by atoms with Crippen molar-refractivity contribution in [3.05, 3.63) is 0 Å². The Kier molecular flexibility index (Phi) is 10.3. The summed E-state index contributed by atoms with van der Waals surface area (Å²) in [6.07, 6.45) is 6.20. The van der Waals surface area contributed by atoms with Gasteiger partial charge in [-0.1, -0.05) is 19.8 Å². The van der Waals surface area contributed by atoms with Crippen molar-refractivity contribution < 1.29 is 10.2 Å². The molecule has 0 spiro atoms. The summed E-state index contributed by atoms with van der Waals surface area (Å²) in [5, 5.41) is 17.7. The van der Waals surface area contributed by atoms with Crippen LogP contribution in [-0.2, 0) is 0 Å². The monoisotopic (exact) mass is 217 g/mol. The summed E-state index contributed by atoms with van der Waals surface area (Å²) in [4.78, 5) is 0. The number of rotatable bonds is 10. The fourth-order valence-electron chi connectivity index (χ4n) is 2.15. The van der Waals surface area contributed by atoms with Crippen LogP contribution >= 0.6 is 0 Å². The minimum atomic E-state index is 0.259. The predicted molar refractivity (Wildman–Crippen MR) is 63.6 cm³/mol. The molecule has 0 aliphatic rings. The molecule has 0 rings (SSSR count). The third kappa shape index (κ3) is 7.77. The highest BCUT2D eigenvalue weighted by Gasteiger charge is 2.14. The molecule has 0 aliphatic heterocycles. The van der Waals surface area contributed by atoms with Crippen molar-refractivity contribution in [2.24, 2.45) is 17.6 Å². The Hall–Kier alpha value is -0.120. The molecule has 0 saturated carbocycles. The molecule has 3 heteroatoms. The van der Waals surface area contributed by atoms with Gasteiger partial charge in [-0.05, 0) is 44.1 Å². The molecule has 2 unspecified atom stereocenters. The molecule has 0 aliphatic carbocycles. The molecule has 0 saturated heterocycles. The van der Waals surface area contributed by atoms with E-state index in [9.17, 15) is 0 Å². The van der Waals surface area contributed by atoms with Crippen LogP contribution in [0.15, 0.2) is 0 Å². The first-order valence-corrected chi connectivity index (χ1v) is 6.20. The van der Waals surface area contributed by atoms with Gasteiger partial charge in [0.05, 0.1) is 0 Å². The summed E-state index contributed by atoms with van der Waals surface area (Å²) in [7, 11) is 0. The van der Waals surface area contributed by atoms with Gasteiger partial charge in [0.25, 0.3) is 0 Å². The zero-order valence-corrected chi connectivity index (χ0v) is 9.99. The SMILES string of the molecule is CCCC(CCO)CC(CN)CCCO. The molecule has 0 aromatic heterocycles. The van der Waals surface area contributed by atoms with Crippen molar-refractivity contribution in [1.82, 2.24) is 0 Å². The third-order valence-corrected chi connectivity index (χ3v) is 3.00. The molecule has 0 amide bonds. The predicted octanol–water partition coefficient (Wildman–Crippen LogP) is 1.52. The van der Waals surface area contributed by atoms with E-state index in [-0.39, 0.29) is 13.2 Å². The number of aliphatic hydroxyl groups excluding tert-OH is 2. The maximum Gasteiger partial charge on any atom is 0.0433 e. The Morgan fingerprint density at radius 3 is 2.20 bits per heavy atom. The van der Waals surface area contributed by atoms with Gasteiger partial charge in [-0.15, -0.1) is 0 Å². The van der Waals surface area contributed by atoms with Crippen LogP contribution in [0, 0.1) is 11.8 Å². The van der Waals surface area contributed by atoms with Crippen LogP contribution in [0.4, 0.5) is 0 Å². The highest BCUT2D eigenvalue weighted by atomic mass is 16.3. The third-order valence-electron chi connectivity index (χ3n) is 3.00. The van der Waals surface area contributed by atoms with Crippen LogP contribution in [0.25, 0.3) is 0 Å². The Morgan fingerprint density at radius 1 is 1.00 bits per heavy atom. The minimum absolute atomic E-state index is 0.259. The second-order valence-electron chi connectivity index (χ2n) is 4.37. The van der Waals surface area contributed by atoms with Crippen molar-refractivity contribution in [3.63, 3.8) is 0 Å². The quantitative estimate of drug-likeness (QED) is 0.520. The van der Waals surface area contributed by atoms with Crippen LogP contribution in [0.1, 0.15) is 45.4 Å². The Morgan fingerprint density at radius 2 is 1.73 bits per heavy atom. The van der Waals surface area contributed by atoms with Gasteiger partial charge in [0.2, 0.25) is 0 Å². The van der Waals surface area contributed by atoms with E-state index >= 15 is 0 Å². The molecule has 0 bridgehead atoms. The molecular formula is C12H27NO2. The van der Waals surface area contributed by atoms with E-state index in [0.29, 0.717) is 18.4 Å². The first-order valence-electron chi connectivity index (χ1n) is 6.20. The summed E-state index contributed by atoms with van der Waals surface area (Å²) in [6.45, 7) is 3.41. The lowest BCUT2D eigenvalue weighted by Gasteiger charge is -2.21. The normalized spacial score (nSPS) is 15.2. The van der Waals surface area contributed by atoms with Gasteiger partial charge in [0, 0.05) is 13.2 Å². The molecule has 0 aromatic rings. The molecule has 0 aromatic carbocycles. The molecule has 0 heterocycles. The molecule has 2 atom stereocenters. The lowest BCUT2D eigenvalue weighted by Crippen LogP contribution is -2.19. The molecule has 0 radical (unpaired) electrons. The van der Waals surface area contributed by atoms with E-state index < -0.39 is 0 Å². The maximum absolute atomic E-state index is 8.95. The molecule has 4 N–H and O–H groups in total. The van der Waals surface area contributed by atoms with Crippen molar-refractivity contribution >= 4 is 0 Å². The van der Waals surface area contributed by atoms with Gasteiger partial charge in [-0.25, -0.2) is 0 Å². The smallest absolute Gasteiger partial charge is 0.0433 e. The number of aliphatic hydroxyl groups is 2. The zero-order valence-electron chi connectivity index (χ0n) is 9.99. The van der Waals surface area contributed by atoms with Crippen LogP contribution < -0.4 is 5.73 Å². The van der Waals surface area contributed by atoms with Crippen molar-refractivity contribution in [2.75, 3.05) is 19.8 Å². The second kappa shape index (κ2) is 10.4. The Bertz CT molecular complexity index is 125. The van der Waals surface area contributed by atoms with Gasteiger partial charge in [-0.3, -0.25) is 0 Å². The zero-order chi connectivity index (χ0) is 11.5. The van der Waals surface area contributed by atoms with Crippen molar-refractivity contribution in [3.8, 4) is 0 Å². The summed E-state index contributed by atoms with van der Waals surface area (Å²) < 4.78 is 0. The molecule has 15 heavy (non-hydrogen) atoms. The van der Waals surface area contributed by atoms with E-state index in [1.165, 1.54) is 12.8 Å². The van der Waals surface area contributed by atoms with E-state index in [1.807, 2.05) is 0 Å². The molecule has 92 valence electrons. The molecule has 3 nitrogen and oxygen atoms in total. The van der Waals surface area contributed by atoms with E-state index in [0.717, 1.165) is 25.7 Å². The van der Waals surface area contributed by atoms with E-state index in [2.05, 4.69) is 6.92 Å². The fourth-order valence-corrected chi connectivity index (χ4v) is 2.15. The number of nitrogens with two attached hydrogens (primary N) is 1. The van der Waals surface area contributed by atoms with Crippen LogP contribution in [0.2, 0.25) is 0 Å². The highest BCUT2D eigenvalue weighted by Crippen LogP contribution is 2.23. The van der Waals surface area contributed by atoms with Crippen LogP contribution in [0.3, 0.4) is 0 Å². The van der Waals surface area contributed by atoms with E-state index in [4.69, 9.17) is 15.9 Å². The average molecular weight is 217 g/mol. The first-order chi connectivity index (χ1) is 7.28. The van der Waals surface area contributed by atoms with Crippen LogP contribution in [-0.4, -0.2) is 30.0 Å². The number of hydrogen-bond acceptors (Lipinski definition) is 3. The Balaban J connectivity index is 3.85. The lowest BCUT2D eigenvalue weighted by atomic mass is 9.87. The fraction of sp³-hybridized carbons (Fsp3) is 1.00. The second-order valence-corrected chi connectivity index (χ2v) is 4.37. The van der Waals surface area contributed by atoms with Gasteiger partial charge in [0.1, 0.15) is 0 Å². The van der Waals surface area contributed by atoms with Gasteiger partial charge >= 0.3 is 0 Å². The van der Waals surface area contributed by atoms with Gasteiger partial charge < -0.3 is 15.9 Å². The maximum atomic E-state index is 8.95. The van der Waals surface area contributed by atoms with Gasteiger partial charge in [-0.2, -0.15) is 0 Å². The topological polar surface area (TPSA) is 66.5 Å². The largest absolute Gasteiger partial charge is 0.396 e. The van der Waals surface area contributed by atoms with Gasteiger partial charge in [0.15, 0.2) is 0 Å². The number of hydrogen-bond donors (Lipinski definition) is 3. The lowest BCUT2D eigenvalue weighted by molar-refractivity contribution is 0.220. The Labute approximate surface area is 93.7 Å². The average Bonchev–Trinajstić information content (AvgIpc) is 2.24. The first kappa shape index (κ1) is 14.9. The summed E-state index contributed by atoms with van der Waals surface area (Å²) >= 11 is 0. The summed E-state index contributed by atoms with van der Waals surface area (Å²) in [6, 6.07) is 0. The highest BCUT2D eigenvalue weighted by molar-refractivity contribution is 4.67. The van der Waals surface area contributed by atoms with Crippen molar-refractivity contribution in [2.45, 2.75) is 45.4 Å². The minimum Gasteiger partial charge on any atom is -0.396 e. The molecular weight excluding hydrogens is 190 g/mol. The summed E-state index contributed by atoms with van der Waals surface area (Å²) in [5.41, 5.74) is 5.71. The standard InChI is InChI=1S/C12H27NO2/c1-2-4-11(6-8-15)9-12(10-13)5-3-7-14/h11-12,14-15H,2-10,13H2,1H3. The summed E-state index contributed by atoms with van der Waals surface area (Å²) in [5.74, 6) is 1.12. The molecule has 0 fully saturated rings. The van der Waals surface area contributed by atoms with Crippen LogP contribution in [0.5, 0.6) is 0 Å².